The molecule has 2 nitrogen and oxygen atoms in total. The molecule has 0 fully saturated rings. The molecule has 0 aliphatic carbocycles. The maximum absolute atomic E-state index is 4.76. The topological polar surface area (TPSA) is 17.8 Å². The van der Waals surface area contributed by atoms with Gasteiger partial charge in [-0.2, -0.15) is 5.10 Å². The van der Waals surface area contributed by atoms with Gasteiger partial charge in [-0.15, -0.1) is 0 Å². The van der Waals surface area contributed by atoms with Crippen molar-refractivity contribution >= 4 is 39.1 Å². The molecule has 0 aliphatic heterocycles. The molecule has 0 atom stereocenters. The Hall–Kier alpha value is -2.22. The van der Waals surface area contributed by atoms with Gasteiger partial charge in [0.25, 0.3) is 0 Å². The summed E-state index contributed by atoms with van der Waals surface area (Å²) in [6, 6.07) is 35.3. The minimum Gasteiger partial charge on any atom is -0.265 e. The molecule has 0 N–H and O–H groups in total. The molecule has 1 aromatic heterocycles. The van der Waals surface area contributed by atoms with E-state index in [1.165, 1.54) is 21.6 Å². The molecule has 4 aromatic rings. The van der Waals surface area contributed by atoms with Crippen molar-refractivity contribution in [1.82, 2.24) is 9.78 Å². The van der Waals surface area contributed by atoms with Gasteiger partial charge in [-0.25, -0.2) is 0 Å². The lowest BCUT2D eigenvalue weighted by Crippen LogP contribution is -2.33. The maximum Gasteiger partial charge on any atom is 0.128 e. The van der Waals surface area contributed by atoms with Gasteiger partial charge < -0.3 is 0 Å². The molecule has 3 aromatic carbocycles. The fourth-order valence-electron chi connectivity index (χ4n) is 4.06. The van der Waals surface area contributed by atoms with E-state index in [1.54, 1.807) is 0 Å². The third-order valence-corrected chi connectivity index (χ3v) is 10.3. The van der Waals surface area contributed by atoms with E-state index >= 15 is 0 Å². The van der Waals surface area contributed by atoms with Crippen molar-refractivity contribution in [2.45, 2.75) is 32.5 Å². The SMILES string of the molecule is CCCCn1nc(Br)cc1C[P+](c1ccccc1)(c1ccccc1)c1ccccc1. The first-order valence-electron chi connectivity index (χ1n) is 10.5. The Morgan fingerprint density at radius 1 is 0.767 bits per heavy atom. The third kappa shape index (κ3) is 4.29. The van der Waals surface area contributed by atoms with Crippen LogP contribution in [0, 0.1) is 0 Å². The molecule has 0 unspecified atom stereocenters. The summed E-state index contributed by atoms with van der Waals surface area (Å²) in [4.78, 5) is 0. The highest BCUT2D eigenvalue weighted by atomic mass is 79.9. The number of hydrogen-bond acceptors (Lipinski definition) is 1. The molecule has 0 bridgehead atoms. The first kappa shape index (κ1) is 21.0. The Kier molecular flexibility index (Phi) is 6.82. The average Bonchev–Trinajstić information content (AvgIpc) is 3.16. The highest BCUT2D eigenvalue weighted by Gasteiger charge is 2.46. The van der Waals surface area contributed by atoms with Crippen molar-refractivity contribution in [2.75, 3.05) is 0 Å². The summed E-state index contributed by atoms with van der Waals surface area (Å²) in [7, 11) is -1.90. The Morgan fingerprint density at radius 3 is 1.67 bits per heavy atom. The van der Waals surface area contributed by atoms with E-state index in [-0.39, 0.29) is 0 Å². The minimum absolute atomic E-state index is 0.917. The zero-order valence-corrected chi connectivity index (χ0v) is 19.8. The minimum atomic E-state index is -1.90. The van der Waals surface area contributed by atoms with Crippen LogP contribution in [0.2, 0.25) is 0 Å². The van der Waals surface area contributed by atoms with Gasteiger partial charge in [0.05, 0.1) is 5.69 Å². The lowest BCUT2D eigenvalue weighted by molar-refractivity contribution is 0.554. The summed E-state index contributed by atoms with van der Waals surface area (Å²) < 4.78 is 3.12. The van der Waals surface area contributed by atoms with Crippen molar-refractivity contribution in [2.24, 2.45) is 0 Å². The number of halogens is 1. The van der Waals surface area contributed by atoms with Crippen LogP contribution >= 0.6 is 23.2 Å². The lowest BCUT2D eigenvalue weighted by Gasteiger charge is -2.28. The zero-order chi connectivity index (χ0) is 20.8. The van der Waals surface area contributed by atoms with Crippen LogP contribution in [0.3, 0.4) is 0 Å². The maximum atomic E-state index is 4.76. The molecule has 0 saturated carbocycles. The van der Waals surface area contributed by atoms with E-state index in [2.05, 4.69) is 125 Å². The highest BCUT2D eigenvalue weighted by Crippen LogP contribution is 2.58. The quantitative estimate of drug-likeness (QED) is 0.287. The molecule has 0 saturated heterocycles. The van der Waals surface area contributed by atoms with Crippen LogP contribution in [0.1, 0.15) is 25.5 Å². The van der Waals surface area contributed by atoms with Gasteiger partial charge in [0.15, 0.2) is 0 Å². The van der Waals surface area contributed by atoms with Gasteiger partial charge in [0.1, 0.15) is 33.9 Å². The number of benzene rings is 3. The summed E-state index contributed by atoms with van der Waals surface area (Å²) in [5.74, 6) is 0. The summed E-state index contributed by atoms with van der Waals surface area (Å²) >= 11 is 3.63. The summed E-state index contributed by atoms with van der Waals surface area (Å²) in [6.45, 7) is 3.18. The summed E-state index contributed by atoms with van der Waals surface area (Å²) in [5.41, 5.74) is 1.29. The number of unbranched alkanes of at least 4 members (excludes halogenated alkanes) is 1. The summed E-state index contributed by atoms with van der Waals surface area (Å²) in [6.07, 6.45) is 3.25. The van der Waals surface area contributed by atoms with Crippen LogP contribution < -0.4 is 15.9 Å². The van der Waals surface area contributed by atoms with Gasteiger partial charge in [0, 0.05) is 6.54 Å². The molecule has 4 heteroatoms. The molecule has 152 valence electrons. The monoisotopic (exact) mass is 477 g/mol. The fraction of sp³-hybridized carbons (Fsp3) is 0.192. The van der Waals surface area contributed by atoms with Crippen LogP contribution in [0.4, 0.5) is 0 Å². The number of aromatic nitrogens is 2. The Labute approximate surface area is 188 Å². The fourth-order valence-corrected chi connectivity index (χ4v) is 8.74. The van der Waals surface area contributed by atoms with E-state index in [9.17, 15) is 0 Å². The van der Waals surface area contributed by atoms with E-state index in [0.29, 0.717) is 0 Å². The average molecular weight is 478 g/mol. The number of aryl methyl sites for hydroxylation is 1. The smallest absolute Gasteiger partial charge is 0.128 e. The van der Waals surface area contributed by atoms with Gasteiger partial charge in [-0.3, -0.25) is 4.68 Å². The van der Waals surface area contributed by atoms with Crippen molar-refractivity contribution in [3.63, 3.8) is 0 Å². The van der Waals surface area contributed by atoms with Gasteiger partial charge >= 0.3 is 0 Å². The van der Waals surface area contributed by atoms with Gasteiger partial charge in [0.2, 0.25) is 0 Å². The molecule has 0 radical (unpaired) electrons. The predicted molar refractivity (Wildman–Crippen MR) is 134 cm³/mol. The van der Waals surface area contributed by atoms with Crippen LogP contribution in [-0.2, 0) is 12.7 Å². The number of nitrogens with zero attached hydrogens (tertiary/aromatic N) is 2. The number of hydrogen-bond donors (Lipinski definition) is 0. The molecule has 4 rings (SSSR count). The molecular formula is C26H27BrN2P+. The first-order valence-corrected chi connectivity index (χ1v) is 13.3. The second kappa shape index (κ2) is 9.73. The van der Waals surface area contributed by atoms with Crippen LogP contribution in [0.25, 0.3) is 0 Å². The Balaban J connectivity index is 1.94. The van der Waals surface area contributed by atoms with Crippen molar-refractivity contribution in [3.05, 3.63) is 107 Å². The lowest BCUT2D eigenvalue weighted by atomic mass is 10.3. The van der Waals surface area contributed by atoms with Crippen molar-refractivity contribution in [1.29, 1.82) is 0 Å². The van der Waals surface area contributed by atoms with Crippen molar-refractivity contribution in [3.8, 4) is 0 Å². The molecule has 0 spiro atoms. The molecule has 0 amide bonds. The van der Waals surface area contributed by atoms with Crippen molar-refractivity contribution < 1.29 is 0 Å². The molecule has 1 heterocycles. The molecule has 30 heavy (non-hydrogen) atoms. The van der Waals surface area contributed by atoms with Crippen LogP contribution in [0.15, 0.2) is 102 Å². The van der Waals surface area contributed by atoms with E-state index in [4.69, 9.17) is 5.10 Å². The van der Waals surface area contributed by atoms with E-state index in [0.717, 1.165) is 30.2 Å². The summed E-state index contributed by atoms with van der Waals surface area (Å²) in [5, 5.41) is 8.98. The van der Waals surface area contributed by atoms with E-state index in [1.807, 2.05) is 0 Å². The predicted octanol–water partition coefficient (Wildman–Crippen LogP) is 5.94. The van der Waals surface area contributed by atoms with E-state index < -0.39 is 7.26 Å². The second-order valence-corrected chi connectivity index (χ2v) is 11.8. The third-order valence-electron chi connectivity index (χ3n) is 5.55. The second-order valence-electron chi connectivity index (χ2n) is 7.51. The van der Waals surface area contributed by atoms with Crippen LogP contribution in [-0.4, -0.2) is 9.78 Å². The largest absolute Gasteiger partial charge is 0.265 e. The number of rotatable bonds is 8. The molecular weight excluding hydrogens is 451 g/mol. The van der Waals surface area contributed by atoms with Crippen LogP contribution in [0.5, 0.6) is 0 Å². The molecule has 0 aliphatic rings. The Bertz CT molecular complexity index is 966. The highest BCUT2D eigenvalue weighted by molar-refractivity contribution is 9.10. The normalized spacial score (nSPS) is 11.5. The zero-order valence-electron chi connectivity index (χ0n) is 17.3. The Morgan fingerprint density at radius 2 is 1.23 bits per heavy atom. The standard InChI is InChI=1S/C26H27BrN2P/c1-2-3-19-29-22(20-26(27)28-29)21-30(23-13-7-4-8-14-23,24-15-9-5-10-16-24)25-17-11-6-12-18-25/h4-18,20H,2-3,19,21H2,1H3/q+1. The van der Waals surface area contributed by atoms with Gasteiger partial charge in [-0.05, 0) is 64.8 Å². The first-order chi connectivity index (χ1) is 14.7. The van der Waals surface area contributed by atoms with Gasteiger partial charge in [-0.1, -0.05) is 67.9 Å².